The maximum atomic E-state index is 13.6. The van der Waals surface area contributed by atoms with Crippen molar-refractivity contribution in [1.82, 2.24) is 9.55 Å². The van der Waals surface area contributed by atoms with Gasteiger partial charge in [0.05, 0.1) is 18.1 Å². The molecular weight excluding hydrogens is 300 g/mol. The second-order valence-electron chi connectivity index (χ2n) is 5.21. The minimum atomic E-state index is -0.901. The van der Waals surface area contributed by atoms with E-state index in [2.05, 4.69) is 4.98 Å². The van der Waals surface area contributed by atoms with Gasteiger partial charge in [0.2, 0.25) is 0 Å². The predicted molar refractivity (Wildman–Crippen MR) is 85.3 cm³/mol. The molecule has 3 rings (SSSR count). The summed E-state index contributed by atoms with van der Waals surface area (Å²) in [4.78, 5) is 4.47. The van der Waals surface area contributed by atoms with E-state index >= 15 is 0 Å². The van der Waals surface area contributed by atoms with Crippen LogP contribution in [0.1, 0.15) is 6.42 Å². The van der Waals surface area contributed by atoms with Crippen molar-refractivity contribution >= 4 is 11.0 Å². The van der Waals surface area contributed by atoms with Crippen LogP contribution in [-0.2, 0) is 6.54 Å². The zero-order valence-electron chi connectivity index (χ0n) is 12.7. The SMILES string of the molecule is COc1ccc(-c2nc3cc(F)c(F)cc3n2CCCN)cc1. The molecule has 6 heteroatoms. The summed E-state index contributed by atoms with van der Waals surface area (Å²) in [5.41, 5.74) is 7.41. The van der Waals surface area contributed by atoms with Crippen molar-refractivity contribution in [3.63, 3.8) is 0 Å². The van der Waals surface area contributed by atoms with Crippen LogP contribution in [0.4, 0.5) is 8.78 Å². The number of nitrogens with zero attached hydrogens (tertiary/aromatic N) is 2. The molecular formula is C17H17F2N3O. The Morgan fingerprint density at radius 2 is 1.83 bits per heavy atom. The molecule has 4 nitrogen and oxygen atoms in total. The number of ether oxygens (including phenoxy) is 1. The molecule has 0 aliphatic carbocycles. The molecule has 23 heavy (non-hydrogen) atoms. The van der Waals surface area contributed by atoms with Crippen LogP contribution in [-0.4, -0.2) is 23.2 Å². The highest BCUT2D eigenvalue weighted by atomic mass is 19.2. The van der Waals surface area contributed by atoms with Crippen molar-refractivity contribution in [2.75, 3.05) is 13.7 Å². The third kappa shape index (κ3) is 2.90. The van der Waals surface area contributed by atoms with Crippen molar-refractivity contribution < 1.29 is 13.5 Å². The summed E-state index contributed by atoms with van der Waals surface area (Å²) in [5.74, 6) is -0.397. The van der Waals surface area contributed by atoms with Crippen molar-refractivity contribution in [3.8, 4) is 17.1 Å². The number of hydrogen-bond acceptors (Lipinski definition) is 3. The average molecular weight is 317 g/mol. The van der Waals surface area contributed by atoms with Crippen LogP contribution < -0.4 is 10.5 Å². The van der Waals surface area contributed by atoms with Crippen LogP contribution in [0.25, 0.3) is 22.4 Å². The summed E-state index contributed by atoms with van der Waals surface area (Å²) in [6, 6.07) is 9.68. The summed E-state index contributed by atoms with van der Waals surface area (Å²) in [6.07, 6.45) is 0.716. The van der Waals surface area contributed by atoms with E-state index in [9.17, 15) is 8.78 Å². The van der Waals surface area contributed by atoms with Crippen LogP contribution in [0.3, 0.4) is 0 Å². The lowest BCUT2D eigenvalue weighted by Crippen LogP contribution is -2.07. The van der Waals surface area contributed by atoms with Crippen molar-refractivity contribution in [2.45, 2.75) is 13.0 Å². The standard InChI is InChI=1S/C17H17F2N3O/c1-23-12-5-3-11(4-6-12)17-21-15-9-13(18)14(19)10-16(15)22(17)8-2-7-20/h3-6,9-10H,2,7-8,20H2,1H3. The first-order valence-electron chi connectivity index (χ1n) is 7.34. The molecule has 0 spiro atoms. The molecule has 1 aromatic heterocycles. The number of nitrogens with two attached hydrogens (primary N) is 1. The highest BCUT2D eigenvalue weighted by Gasteiger charge is 2.15. The molecule has 0 radical (unpaired) electrons. The van der Waals surface area contributed by atoms with Crippen LogP contribution in [0.2, 0.25) is 0 Å². The number of rotatable bonds is 5. The van der Waals surface area contributed by atoms with Gasteiger partial charge in [-0.05, 0) is 37.2 Å². The van der Waals surface area contributed by atoms with E-state index in [1.807, 2.05) is 28.8 Å². The third-order valence-electron chi connectivity index (χ3n) is 3.72. The largest absolute Gasteiger partial charge is 0.497 e. The number of halogens is 2. The summed E-state index contributed by atoms with van der Waals surface area (Å²) in [5, 5.41) is 0. The summed E-state index contributed by atoms with van der Waals surface area (Å²) >= 11 is 0. The third-order valence-corrected chi connectivity index (χ3v) is 3.72. The van der Waals surface area contributed by atoms with Gasteiger partial charge in [0, 0.05) is 24.2 Å². The number of hydrogen-bond donors (Lipinski definition) is 1. The van der Waals surface area contributed by atoms with Gasteiger partial charge in [0.15, 0.2) is 11.6 Å². The van der Waals surface area contributed by atoms with Crippen LogP contribution in [0.5, 0.6) is 5.75 Å². The van der Waals surface area contributed by atoms with E-state index in [4.69, 9.17) is 10.5 Å². The Hall–Kier alpha value is -2.47. The van der Waals surface area contributed by atoms with Crippen molar-refractivity contribution in [2.24, 2.45) is 5.73 Å². The monoisotopic (exact) mass is 317 g/mol. The van der Waals surface area contributed by atoms with E-state index in [1.165, 1.54) is 6.07 Å². The first-order valence-corrected chi connectivity index (χ1v) is 7.34. The van der Waals surface area contributed by atoms with E-state index in [0.29, 0.717) is 36.4 Å². The Morgan fingerprint density at radius 1 is 1.13 bits per heavy atom. The number of methoxy groups -OCH3 is 1. The van der Waals surface area contributed by atoms with Crippen LogP contribution >= 0.6 is 0 Å². The van der Waals surface area contributed by atoms with E-state index in [1.54, 1.807) is 7.11 Å². The van der Waals surface area contributed by atoms with Gasteiger partial charge in [-0.25, -0.2) is 13.8 Å². The Balaban J connectivity index is 2.16. The van der Waals surface area contributed by atoms with Gasteiger partial charge in [-0.2, -0.15) is 0 Å². The quantitative estimate of drug-likeness (QED) is 0.785. The van der Waals surface area contributed by atoms with E-state index in [-0.39, 0.29) is 0 Å². The topological polar surface area (TPSA) is 53.1 Å². The number of aryl methyl sites for hydroxylation is 1. The molecule has 0 bridgehead atoms. The molecule has 0 aliphatic heterocycles. The maximum absolute atomic E-state index is 13.6. The molecule has 0 amide bonds. The van der Waals surface area contributed by atoms with Gasteiger partial charge < -0.3 is 15.0 Å². The first-order chi connectivity index (χ1) is 11.1. The van der Waals surface area contributed by atoms with Crippen molar-refractivity contribution in [1.29, 1.82) is 0 Å². The lowest BCUT2D eigenvalue weighted by molar-refractivity contribution is 0.415. The molecule has 120 valence electrons. The Kier molecular flexibility index (Phi) is 4.25. The smallest absolute Gasteiger partial charge is 0.161 e. The number of imidazole rings is 1. The fourth-order valence-electron chi connectivity index (χ4n) is 2.56. The molecule has 0 saturated carbocycles. The Bertz CT molecular complexity index is 828. The Morgan fingerprint density at radius 3 is 2.48 bits per heavy atom. The van der Waals surface area contributed by atoms with Gasteiger partial charge in [-0.1, -0.05) is 0 Å². The molecule has 2 N–H and O–H groups in total. The highest BCUT2D eigenvalue weighted by molar-refractivity contribution is 5.81. The van der Waals surface area contributed by atoms with Crippen LogP contribution in [0.15, 0.2) is 36.4 Å². The fraction of sp³-hybridized carbons (Fsp3) is 0.235. The lowest BCUT2D eigenvalue weighted by Gasteiger charge is -2.09. The normalized spacial score (nSPS) is 11.1. The lowest BCUT2D eigenvalue weighted by atomic mass is 10.2. The number of fused-ring (bicyclic) bond motifs is 1. The molecule has 1 heterocycles. The van der Waals surface area contributed by atoms with Crippen molar-refractivity contribution in [3.05, 3.63) is 48.0 Å². The van der Waals surface area contributed by atoms with Crippen LogP contribution in [0, 0.1) is 11.6 Å². The minimum Gasteiger partial charge on any atom is -0.497 e. The first kappa shape index (κ1) is 15.4. The molecule has 0 saturated heterocycles. The molecule has 0 atom stereocenters. The van der Waals surface area contributed by atoms with E-state index < -0.39 is 11.6 Å². The van der Waals surface area contributed by atoms with Gasteiger partial charge in [0.25, 0.3) is 0 Å². The summed E-state index contributed by atoms with van der Waals surface area (Å²) in [6.45, 7) is 1.09. The van der Waals surface area contributed by atoms with Gasteiger partial charge in [-0.15, -0.1) is 0 Å². The summed E-state index contributed by atoms with van der Waals surface area (Å²) in [7, 11) is 1.59. The second-order valence-corrected chi connectivity index (χ2v) is 5.21. The predicted octanol–water partition coefficient (Wildman–Crippen LogP) is 3.34. The van der Waals surface area contributed by atoms with E-state index in [0.717, 1.165) is 17.4 Å². The minimum absolute atomic E-state index is 0.423. The number of aromatic nitrogens is 2. The van der Waals surface area contributed by atoms with Gasteiger partial charge >= 0.3 is 0 Å². The zero-order chi connectivity index (χ0) is 16.4. The molecule has 0 unspecified atom stereocenters. The van der Waals surface area contributed by atoms with Gasteiger partial charge in [0.1, 0.15) is 11.6 Å². The molecule has 0 fully saturated rings. The summed E-state index contributed by atoms with van der Waals surface area (Å²) < 4.78 is 34.1. The number of benzene rings is 2. The maximum Gasteiger partial charge on any atom is 0.161 e. The molecule has 3 aromatic rings. The molecule has 0 aliphatic rings. The highest BCUT2D eigenvalue weighted by Crippen LogP contribution is 2.28. The average Bonchev–Trinajstić information content (AvgIpc) is 2.91. The Labute approximate surface area is 132 Å². The van der Waals surface area contributed by atoms with Gasteiger partial charge in [-0.3, -0.25) is 0 Å². The zero-order valence-corrected chi connectivity index (χ0v) is 12.7. The second kappa shape index (κ2) is 6.34. The molecule has 2 aromatic carbocycles. The fourth-order valence-corrected chi connectivity index (χ4v) is 2.56.